The van der Waals surface area contributed by atoms with Gasteiger partial charge in [0.1, 0.15) is 0 Å². The Morgan fingerprint density at radius 3 is 2.38 bits per heavy atom. The van der Waals surface area contributed by atoms with Crippen molar-refractivity contribution in [1.29, 1.82) is 0 Å². The molecule has 0 aliphatic rings. The van der Waals surface area contributed by atoms with E-state index in [0.717, 1.165) is 5.56 Å². The number of rotatable bonds is 6. The summed E-state index contributed by atoms with van der Waals surface area (Å²) < 4.78 is 30.1. The quantitative estimate of drug-likeness (QED) is 0.841. The van der Waals surface area contributed by atoms with E-state index in [9.17, 15) is 13.2 Å². The van der Waals surface area contributed by atoms with Crippen molar-refractivity contribution in [3.05, 3.63) is 59.5 Å². The minimum atomic E-state index is -3.27. The fourth-order valence-electron chi connectivity index (χ4n) is 1.72. The zero-order chi connectivity index (χ0) is 15.3. The second-order valence-corrected chi connectivity index (χ2v) is 6.37. The number of amides is 1. The monoisotopic (exact) mass is 308 g/mol. The lowest BCUT2D eigenvalue weighted by Crippen LogP contribution is -2.22. The van der Waals surface area contributed by atoms with Crippen LogP contribution in [0.3, 0.4) is 0 Å². The van der Waals surface area contributed by atoms with E-state index in [2.05, 4.69) is 10.0 Å². The molecule has 0 fully saturated rings. The lowest BCUT2D eigenvalue weighted by Gasteiger charge is -2.06. The first-order chi connectivity index (χ1) is 10.00. The van der Waals surface area contributed by atoms with Gasteiger partial charge in [0.25, 0.3) is 5.91 Å². The molecule has 0 unspecified atom stereocenters. The van der Waals surface area contributed by atoms with Gasteiger partial charge in [-0.15, -0.1) is 0 Å². The second kappa shape index (κ2) is 6.55. The second-order valence-electron chi connectivity index (χ2n) is 4.44. The predicted molar refractivity (Wildman–Crippen MR) is 78.0 cm³/mol. The van der Waals surface area contributed by atoms with Crippen molar-refractivity contribution in [1.82, 2.24) is 10.0 Å². The molecule has 0 saturated carbocycles. The summed E-state index contributed by atoms with van der Waals surface area (Å²) in [5.41, 5.74) is 1.56. The standard InChI is InChI=1S/C14H16N2O4S/c1-15-21(18,19)10-12-6-4-11(5-7-12)9-16-14(17)13-3-2-8-20-13/h2-8,15H,9-10H2,1H3,(H,16,17). The van der Waals surface area contributed by atoms with Crippen LogP contribution in [0.5, 0.6) is 0 Å². The van der Waals surface area contributed by atoms with E-state index in [4.69, 9.17) is 4.42 Å². The minimum absolute atomic E-state index is 0.0669. The Balaban J connectivity index is 1.92. The van der Waals surface area contributed by atoms with Gasteiger partial charge in [0, 0.05) is 6.54 Å². The SMILES string of the molecule is CNS(=O)(=O)Cc1ccc(CNC(=O)c2ccco2)cc1. The van der Waals surface area contributed by atoms with Crippen LogP contribution in [0.4, 0.5) is 0 Å². The molecule has 2 N–H and O–H groups in total. The molecule has 0 aliphatic heterocycles. The van der Waals surface area contributed by atoms with Crippen molar-refractivity contribution >= 4 is 15.9 Å². The molecular formula is C14H16N2O4S. The molecule has 0 radical (unpaired) electrons. The van der Waals surface area contributed by atoms with Crippen LogP contribution in [-0.4, -0.2) is 21.4 Å². The summed E-state index contributed by atoms with van der Waals surface area (Å²) in [5, 5.41) is 2.72. The summed E-state index contributed by atoms with van der Waals surface area (Å²) >= 11 is 0. The van der Waals surface area contributed by atoms with Crippen molar-refractivity contribution in [2.75, 3.05) is 7.05 Å². The number of carbonyl (C=O) groups excluding carboxylic acids is 1. The molecule has 1 amide bonds. The lowest BCUT2D eigenvalue weighted by atomic mass is 10.1. The zero-order valence-electron chi connectivity index (χ0n) is 11.5. The third-order valence-electron chi connectivity index (χ3n) is 2.89. The van der Waals surface area contributed by atoms with Crippen molar-refractivity contribution in [2.45, 2.75) is 12.3 Å². The minimum Gasteiger partial charge on any atom is -0.459 e. The van der Waals surface area contributed by atoms with E-state index in [1.807, 2.05) is 0 Å². The maximum atomic E-state index is 11.7. The molecule has 21 heavy (non-hydrogen) atoms. The number of hydrogen-bond donors (Lipinski definition) is 2. The van der Waals surface area contributed by atoms with E-state index < -0.39 is 10.0 Å². The van der Waals surface area contributed by atoms with E-state index in [-0.39, 0.29) is 17.4 Å². The highest BCUT2D eigenvalue weighted by atomic mass is 32.2. The van der Waals surface area contributed by atoms with Crippen LogP contribution in [0.15, 0.2) is 47.1 Å². The summed E-state index contributed by atoms with van der Waals surface area (Å²) in [6.07, 6.45) is 1.44. The van der Waals surface area contributed by atoms with Crippen molar-refractivity contribution < 1.29 is 17.6 Å². The molecule has 7 heteroatoms. The molecule has 2 rings (SSSR count). The maximum Gasteiger partial charge on any atom is 0.287 e. The van der Waals surface area contributed by atoms with Crippen LogP contribution < -0.4 is 10.0 Å². The molecule has 0 aliphatic carbocycles. The van der Waals surface area contributed by atoms with Gasteiger partial charge in [0.15, 0.2) is 5.76 Å². The molecule has 0 saturated heterocycles. The summed E-state index contributed by atoms with van der Waals surface area (Å²) in [6.45, 7) is 0.346. The number of carbonyl (C=O) groups is 1. The van der Waals surface area contributed by atoms with Gasteiger partial charge in [-0.1, -0.05) is 24.3 Å². The molecule has 112 valence electrons. The Kier molecular flexibility index (Phi) is 4.77. The Bertz CT molecular complexity index is 691. The average molecular weight is 308 g/mol. The first-order valence-electron chi connectivity index (χ1n) is 6.31. The maximum absolute atomic E-state index is 11.7. The largest absolute Gasteiger partial charge is 0.459 e. The van der Waals surface area contributed by atoms with Crippen LogP contribution in [0.25, 0.3) is 0 Å². The number of furan rings is 1. The van der Waals surface area contributed by atoms with Gasteiger partial charge in [-0.3, -0.25) is 4.79 Å². The predicted octanol–water partition coefficient (Wildman–Crippen LogP) is 1.26. The number of sulfonamides is 1. The highest BCUT2D eigenvalue weighted by Gasteiger charge is 2.09. The van der Waals surface area contributed by atoms with Gasteiger partial charge >= 0.3 is 0 Å². The molecular weight excluding hydrogens is 292 g/mol. The van der Waals surface area contributed by atoms with E-state index in [1.54, 1.807) is 36.4 Å². The highest BCUT2D eigenvalue weighted by molar-refractivity contribution is 7.88. The summed E-state index contributed by atoms with van der Waals surface area (Å²) in [4.78, 5) is 11.7. The molecule has 1 aromatic carbocycles. The normalized spacial score (nSPS) is 11.3. The Morgan fingerprint density at radius 1 is 1.14 bits per heavy atom. The van der Waals surface area contributed by atoms with Gasteiger partial charge in [0.05, 0.1) is 12.0 Å². The zero-order valence-corrected chi connectivity index (χ0v) is 12.3. The molecule has 2 aromatic rings. The van der Waals surface area contributed by atoms with Crippen LogP contribution in [0, 0.1) is 0 Å². The third-order valence-corrected chi connectivity index (χ3v) is 4.22. The fraction of sp³-hybridized carbons (Fsp3) is 0.214. The molecule has 0 bridgehead atoms. The molecule has 1 heterocycles. The Morgan fingerprint density at radius 2 is 1.81 bits per heavy atom. The molecule has 1 aromatic heterocycles. The van der Waals surface area contributed by atoms with E-state index >= 15 is 0 Å². The summed E-state index contributed by atoms with van der Waals surface area (Å²) in [5.74, 6) is -0.101. The van der Waals surface area contributed by atoms with Crippen LogP contribution in [-0.2, 0) is 22.3 Å². The number of nitrogens with one attached hydrogen (secondary N) is 2. The molecule has 0 spiro atoms. The first-order valence-corrected chi connectivity index (χ1v) is 7.96. The van der Waals surface area contributed by atoms with Crippen LogP contribution in [0.1, 0.15) is 21.7 Å². The van der Waals surface area contributed by atoms with E-state index in [0.29, 0.717) is 12.1 Å². The Hall–Kier alpha value is -2.12. The van der Waals surface area contributed by atoms with Crippen LogP contribution >= 0.6 is 0 Å². The van der Waals surface area contributed by atoms with Gasteiger partial charge < -0.3 is 9.73 Å². The van der Waals surface area contributed by atoms with Gasteiger partial charge in [-0.25, -0.2) is 13.1 Å². The molecule has 6 nitrogen and oxygen atoms in total. The van der Waals surface area contributed by atoms with E-state index in [1.165, 1.54) is 13.3 Å². The van der Waals surface area contributed by atoms with Gasteiger partial charge in [0.2, 0.25) is 10.0 Å². The van der Waals surface area contributed by atoms with Crippen LogP contribution in [0.2, 0.25) is 0 Å². The number of benzene rings is 1. The Labute approximate surface area is 123 Å². The lowest BCUT2D eigenvalue weighted by molar-refractivity contribution is 0.0923. The molecule has 0 atom stereocenters. The van der Waals surface area contributed by atoms with Gasteiger partial charge in [-0.05, 0) is 30.3 Å². The van der Waals surface area contributed by atoms with Crippen molar-refractivity contribution in [3.8, 4) is 0 Å². The average Bonchev–Trinajstić information content (AvgIpc) is 3.00. The first kappa shape index (κ1) is 15.3. The van der Waals surface area contributed by atoms with Crippen molar-refractivity contribution in [2.24, 2.45) is 0 Å². The highest BCUT2D eigenvalue weighted by Crippen LogP contribution is 2.08. The number of hydrogen-bond acceptors (Lipinski definition) is 4. The third kappa shape index (κ3) is 4.44. The summed E-state index contributed by atoms with van der Waals surface area (Å²) in [7, 11) is -1.89. The topological polar surface area (TPSA) is 88.4 Å². The fourth-order valence-corrected chi connectivity index (χ4v) is 2.50. The van der Waals surface area contributed by atoms with Gasteiger partial charge in [-0.2, -0.15) is 0 Å². The summed E-state index contributed by atoms with van der Waals surface area (Å²) in [6, 6.07) is 10.2. The van der Waals surface area contributed by atoms with Crippen molar-refractivity contribution in [3.63, 3.8) is 0 Å². The smallest absolute Gasteiger partial charge is 0.287 e.